The molecule has 1 N–H and O–H groups in total. The molecule has 0 aliphatic rings. The van der Waals surface area contributed by atoms with E-state index >= 15 is 0 Å². The number of rotatable bonds is 3. The lowest BCUT2D eigenvalue weighted by Gasteiger charge is -2.09. The van der Waals surface area contributed by atoms with Crippen LogP contribution in [0.2, 0.25) is 5.02 Å². The average molecular weight is 261 g/mol. The fourth-order valence-corrected chi connectivity index (χ4v) is 2.21. The standard InChI is InChI=1S/C16H17ClO/c1-3-12-4-6-13(7-5-12)10-14-8-9-15(18)11(2)16(14)17/h4-9,18H,3,10H2,1-2H3. The molecular formula is C16H17ClO. The van der Waals surface area contributed by atoms with Crippen LogP contribution in [0.4, 0.5) is 0 Å². The molecule has 2 aromatic rings. The predicted octanol–water partition coefficient (Wildman–Crippen LogP) is 4.51. The van der Waals surface area contributed by atoms with Crippen molar-refractivity contribution in [3.63, 3.8) is 0 Å². The lowest BCUT2D eigenvalue weighted by Crippen LogP contribution is -1.92. The Balaban J connectivity index is 2.25. The maximum atomic E-state index is 9.57. The zero-order valence-electron chi connectivity index (χ0n) is 10.7. The Morgan fingerprint density at radius 3 is 2.22 bits per heavy atom. The first kappa shape index (κ1) is 13.0. The van der Waals surface area contributed by atoms with Crippen LogP contribution < -0.4 is 0 Å². The quantitative estimate of drug-likeness (QED) is 0.861. The maximum absolute atomic E-state index is 9.57. The zero-order valence-corrected chi connectivity index (χ0v) is 11.5. The molecule has 2 heteroatoms. The van der Waals surface area contributed by atoms with Crippen LogP contribution in [0.25, 0.3) is 0 Å². The van der Waals surface area contributed by atoms with Crippen molar-refractivity contribution in [3.05, 3.63) is 63.7 Å². The first-order valence-corrected chi connectivity index (χ1v) is 6.54. The Morgan fingerprint density at radius 1 is 1.00 bits per heavy atom. The van der Waals surface area contributed by atoms with Gasteiger partial charge in [0, 0.05) is 5.56 Å². The summed E-state index contributed by atoms with van der Waals surface area (Å²) in [6.45, 7) is 3.98. The minimum absolute atomic E-state index is 0.255. The van der Waals surface area contributed by atoms with Crippen molar-refractivity contribution < 1.29 is 5.11 Å². The summed E-state index contributed by atoms with van der Waals surface area (Å²) in [6, 6.07) is 12.2. The average Bonchev–Trinajstić information content (AvgIpc) is 2.40. The molecule has 0 bridgehead atoms. The number of hydrogen-bond donors (Lipinski definition) is 1. The Hall–Kier alpha value is -1.47. The maximum Gasteiger partial charge on any atom is 0.119 e. The Morgan fingerprint density at radius 2 is 1.61 bits per heavy atom. The van der Waals surface area contributed by atoms with Gasteiger partial charge in [-0.2, -0.15) is 0 Å². The highest BCUT2D eigenvalue weighted by molar-refractivity contribution is 6.32. The number of halogens is 1. The number of phenolic OH excluding ortho intramolecular Hbond substituents is 1. The molecule has 2 aromatic carbocycles. The first-order chi connectivity index (χ1) is 8.61. The zero-order chi connectivity index (χ0) is 13.1. The summed E-state index contributed by atoms with van der Waals surface area (Å²) in [5.74, 6) is 0.255. The topological polar surface area (TPSA) is 20.2 Å². The third-order valence-corrected chi connectivity index (χ3v) is 3.79. The van der Waals surface area contributed by atoms with Crippen molar-refractivity contribution in [1.82, 2.24) is 0 Å². The second-order valence-electron chi connectivity index (χ2n) is 4.53. The highest BCUT2D eigenvalue weighted by atomic mass is 35.5. The van der Waals surface area contributed by atoms with Crippen molar-refractivity contribution in [2.45, 2.75) is 26.7 Å². The van der Waals surface area contributed by atoms with Crippen LogP contribution in [-0.4, -0.2) is 5.11 Å². The number of aryl methyl sites for hydroxylation is 1. The monoisotopic (exact) mass is 260 g/mol. The van der Waals surface area contributed by atoms with Gasteiger partial charge in [0.25, 0.3) is 0 Å². The molecule has 0 radical (unpaired) electrons. The van der Waals surface area contributed by atoms with Gasteiger partial charge < -0.3 is 5.11 Å². The van der Waals surface area contributed by atoms with Crippen molar-refractivity contribution >= 4 is 11.6 Å². The summed E-state index contributed by atoms with van der Waals surface area (Å²) < 4.78 is 0. The Labute approximate surface area is 113 Å². The van der Waals surface area contributed by atoms with E-state index in [0.717, 1.165) is 24.0 Å². The van der Waals surface area contributed by atoms with E-state index in [1.165, 1.54) is 11.1 Å². The molecule has 0 saturated carbocycles. The minimum atomic E-state index is 0.255. The Kier molecular flexibility index (Phi) is 3.93. The fourth-order valence-electron chi connectivity index (χ4n) is 1.98. The van der Waals surface area contributed by atoms with E-state index in [4.69, 9.17) is 11.6 Å². The summed E-state index contributed by atoms with van der Waals surface area (Å²) in [7, 11) is 0. The molecule has 0 aromatic heterocycles. The smallest absolute Gasteiger partial charge is 0.119 e. The van der Waals surface area contributed by atoms with Gasteiger partial charge in [0.15, 0.2) is 0 Å². The second-order valence-corrected chi connectivity index (χ2v) is 4.91. The van der Waals surface area contributed by atoms with Crippen molar-refractivity contribution in [3.8, 4) is 5.75 Å². The van der Waals surface area contributed by atoms with Crippen LogP contribution in [0.3, 0.4) is 0 Å². The fraction of sp³-hybridized carbons (Fsp3) is 0.250. The summed E-state index contributed by atoms with van der Waals surface area (Å²) >= 11 is 6.25. The van der Waals surface area contributed by atoms with Gasteiger partial charge >= 0.3 is 0 Å². The summed E-state index contributed by atoms with van der Waals surface area (Å²) in [6.07, 6.45) is 1.85. The molecule has 18 heavy (non-hydrogen) atoms. The van der Waals surface area contributed by atoms with Gasteiger partial charge in [-0.15, -0.1) is 0 Å². The molecule has 0 saturated heterocycles. The summed E-state index contributed by atoms with van der Waals surface area (Å²) in [4.78, 5) is 0. The number of benzene rings is 2. The lowest BCUT2D eigenvalue weighted by atomic mass is 10.0. The van der Waals surface area contributed by atoms with Crippen molar-refractivity contribution in [2.75, 3.05) is 0 Å². The molecule has 1 nitrogen and oxygen atoms in total. The second kappa shape index (κ2) is 5.45. The van der Waals surface area contributed by atoms with Gasteiger partial charge in [-0.1, -0.05) is 48.9 Å². The third kappa shape index (κ3) is 2.68. The van der Waals surface area contributed by atoms with Crippen molar-refractivity contribution in [1.29, 1.82) is 0 Å². The molecular weight excluding hydrogens is 244 g/mol. The van der Waals surface area contributed by atoms with Crippen LogP contribution in [0.1, 0.15) is 29.2 Å². The molecule has 0 spiro atoms. The minimum Gasteiger partial charge on any atom is -0.508 e. The largest absolute Gasteiger partial charge is 0.508 e. The third-order valence-electron chi connectivity index (χ3n) is 3.26. The van der Waals surface area contributed by atoms with Crippen molar-refractivity contribution in [2.24, 2.45) is 0 Å². The number of hydrogen-bond acceptors (Lipinski definition) is 1. The van der Waals surface area contributed by atoms with Crippen LogP contribution in [-0.2, 0) is 12.8 Å². The van der Waals surface area contributed by atoms with Crippen LogP contribution >= 0.6 is 11.6 Å². The molecule has 94 valence electrons. The van der Waals surface area contributed by atoms with E-state index in [1.54, 1.807) is 6.07 Å². The van der Waals surface area contributed by atoms with Crippen LogP contribution in [0.5, 0.6) is 5.75 Å². The molecule has 0 unspecified atom stereocenters. The molecule has 2 rings (SSSR count). The lowest BCUT2D eigenvalue weighted by molar-refractivity contribution is 0.471. The molecule has 0 fully saturated rings. The first-order valence-electron chi connectivity index (χ1n) is 6.16. The van der Waals surface area contributed by atoms with Gasteiger partial charge in [0.2, 0.25) is 0 Å². The van der Waals surface area contributed by atoms with E-state index < -0.39 is 0 Å². The Bertz CT molecular complexity index is 544. The van der Waals surface area contributed by atoms with Crippen LogP contribution in [0, 0.1) is 6.92 Å². The van der Waals surface area contributed by atoms with Gasteiger partial charge in [0.05, 0.1) is 5.02 Å². The molecule has 0 aliphatic heterocycles. The van der Waals surface area contributed by atoms with Gasteiger partial charge in [-0.3, -0.25) is 0 Å². The van der Waals surface area contributed by atoms with Gasteiger partial charge in [-0.25, -0.2) is 0 Å². The number of phenols is 1. The normalized spacial score (nSPS) is 10.6. The highest BCUT2D eigenvalue weighted by Gasteiger charge is 2.07. The van der Waals surface area contributed by atoms with Gasteiger partial charge in [0.1, 0.15) is 5.75 Å². The van der Waals surface area contributed by atoms with E-state index in [2.05, 4.69) is 31.2 Å². The molecule has 0 aliphatic carbocycles. The van der Waals surface area contributed by atoms with E-state index in [-0.39, 0.29) is 5.75 Å². The van der Waals surface area contributed by atoms with Gasteiger partial charge in [-0.05, 0) is 42.5 Å². The SMILES string of the molecule is CCc1ccc(Cc2ccc(O)c(C)c2Cl)cc1. The molecule has 0 atom stereocenters. The highest BCUT2D eigenvalue weighted by Crippen LogP contribution is 2.29. The number of aromatic hydroxyl groups is 1. The van der Waals surface area contributed by atoms with E-state index in [1.807, 2.05) is 13.0 Å². The van der Waals surface area contributed by atoms with E-state index in [9.17, 15) is 5.11 Å². The summed E-state index contributed by atoms with van der Waals surface area (Å²) in [5.41, 5.74) is 4.38. The van der Waals surface area contributed by atoms with E-state index in [0.29, 0.717) is 5.02 Å². The van der Waals surface area contributed by atoms with Crippen LogP contribution in [0.15, 0.2) is 36.4 Å². The predicted molar refractivity (Wildman–Crippen MR) is 76.5 cm³/mol. The molecule has 0 amide bonds. The molecule has 0 heterocycles. The summed E-state index contributed by atoms with van der Waals surface area (Å²) in [5, 5.41) is 10.2.